The van der Waals surface area contributed by atoms with Crippen LogP contribution in [-0.4, -0.2) is 0 Å². The minimum absolute atomic E-state index is 0.625. The van der Waals surface area contributed by atoms with Crippen molar-refractivity contribution in [2.24, 2.45) is 23.2 Å². The van der Waals surface area contributed by atoms with E-state index in [0.29, 0.717) is 5.41 Å². The largest absolute Gasteiger partial charge is 0.0649 e. The Morgan fingerprint density at radius 2 is 1.92 bits per heavy atom. The Kier molecular flexibility index (Phi) is 1.97. The first-order chi connectivity index (χ1) is 5.63. The van der Waals surface area contributed by atoms with Gasteiger partial charge in [0.25, 0.3) is 0 Å². The maximum absolute atomic E-state index is 2.47. The van der Waals surface area contributed by atoms with Crippen LogP contribution in [-0.2, 0) is 0 Å². The van der Waals surface area contributed by atoms with Crippen LogP contribution in [0.5, 0.6) is 0 Å². The third-order valence-electron chi connectivity index (χ3n) is 4.65. The molecule has 0 aromatic carbocycles. The summed E-state index contributed by atoms with van der Waals surface area (Å²) in [7, 11) is 0. The molecule has 2 bridgehead atoms. The Labute approximate surface area is 76.7 Å². The first-order valence-electron chi connectivity index (χ1n) is 5.63. The molecule has 0 amide bonds. The zero-order chi connectivity index (χ0) is 8.77. The van der Waals surface area contributed by atoms with Crippen molar-refractivity contribution in [2.45, 2.75) is 52.9 Å². The first-order valence-corrected chi connectivity index (χ1v) is 5.63. The highest BCUT2D eigenvalue weighted by atomic mass is 14.5. The second-order valence-electron chi connectivity index (χ2n) is 5.62. The molecule has 0 aliphatic heterocycles. The van der Waals surface area contributed by atoms with Gasteiger partial charge in [0.15, 0.2) is 0 Å². The van der Waals surface area contributed by atoms with Crippen molar-refractivity contribution in [3.63, 3.8) is 0 Å². The molecular weight excluding hydrogens is 144 g/mol. The van der Waals surface area contributed by atoms with Crippen LogP contribution < -0.4 is 0 Å². The van der Waals surface area contributed by atoms with E-state index in [1.165, 1.54) is 6.42 Å². The quantitative estimate of drug-likeness (QED) is 0.584. The summed E-state index contributed by atoms with van der Waals surface area (Å²) in [4.78, 5) is 0. The average Bonchev–Trinajstić information content (AvgIpc) is 2.64. The fraction of sp³-hybridized carbons (Fsp3) is 1.00. The molecule has 2 aliphatic rings. The minimum Gasteiger partial charge on any atom is -0.0649 e. The zero-order valence-corrected chi connectivity index (χ0v) is 8.77. The number of hydrogen-bond donors (Lipinski definition) is 0. The van der Waals surface area contributed by atoms with E-state index < -0.39 is 0 Å². The van der Waals surface area contributed by atoms with E-state index in [9.17, 15) is 0 Å². The van der Waals surface area contributed by atoms with Crippen molar-refractivity contribution in [1.29, 1.82) is 0 Å². The van der Waals surface area contributed by atoms with Gasteiger partial charge in [-0.3, -0.25) is 0 Å². The van der Waals surface area contributed by atoms with E-state index in [1.807, 2.05) is 0 Å². The van der Waals surface area contributed by atoms with Gasteiger partial charge in [-0.2, -0.15) is 0 Å². The lowest BCUT2D eigenvalue weighted by molar-refractivity contribution is 0.135. The van der Waals surface area contributed by atoms with Gasteiger partial charge in [0, 0.05) is 0 Å². The van der Waals surface area contributed by atoms with Crippen molar-refractivity contribution in [1.82, 2.24) is 0 Å². The molecule has 12 heavy (non-hydrogen) atoms. The highest BCUT2D eigenvalue weighted by Gasteiger charge is 2.45. The Balaban J connectivity index is 2.06. The summed E-state index contributed by atoms with van der Waals surface area (Å²) in [6, 6.07) is 0. The lowest BCUT2D eigenvalue weighted by Crippen LogP contribution is -2.27. The summed E-state index contributed by atoms with van der Waals surface area (Å²) in [6.07, 6.45) is 7.56. The van der Waals surface area contributed by atoms with Crippen LogP contribution in [0.15, 0.2) is 0 Å². The first kappa shape index (κ1) is 8.59. The molecule has 0 heterocycles. The molecule has 3 atom stereocenters. The summed E-state index contributed by atoms with van der Waals surface area (Å²) in [5, 5.41) is 0. The van der Waals surface area contributed by atoms with Gasteiger partial charge in [-0.05, 0) is 42.4 Å². The summed E-state index contributed by atoms with van der Waals surface area (Å²) in [5.41, 5.74) is 0.625. The van der Waals surface area contributed by atoms with Gasteiger partial charge in [-0.1, -0.05) is 33.6 Å². The van der Waals surface area contributed by atoms with Crippen LogP contribution in [0.4, 0.5) is 0 Å². The second-order valence-corrected chi connectivity index (χ2v) is 5.62. The monoisotopic (exact) mass is 166 g/mol. The molecule has 2 saturated carbocycles. The molecule has 70 valence electrons. The van der Waals surface area contributed by atoms with Crippen molar-refractivity contribution in [2.75, 3.05) is 0 Å². The van der Waals surface area contributed by atoms with Gasteiger partial charge in [0.1, 0.15) is 0 Å². The van der Waals surface area contributed by atoms with Crippen LogP contribution in [0.25, 0.3) is 0 Å². The standard InChI is InChI=1S/C12H22/c1-4-12(2,3)11-8-9-5-6-10(11)7-9/h9-11H,4-8H2,1-3H3. The SMILES string of the molecule is CCC(C)(C)C1CC2CCC1C2. The van der Waals surface area contributed by atoms with Crippen LogP contribution in [0.3, 0.4) is 0 Å². The van der Waals surface area contributed by atoms with Gasteiger partial charge < -0.3 is 0 Å². The molecule has 2 fully saturated rings. The number of hydrogen-bond acceptors (Lipinski definition) is 0. The minimum atomic E-state index is 0.625. The van der Waals surface area contributed by atoms with Crippen molar-refractivity contribution >= 4 is 0 Å². The van der Waals surface area contributed by atoms with E-state index in [4.69, 9.17) is 0 Å². The highest BCUT2D eigenvalue weighted by Crippen LogP contribution is 2.55. The fourth-order valence-corrected chi connectivity index (χ4v) is 3.46. The van der Waals surface area contributed by atoms with Gasteiger partial charge in [0.05, 0.1) is 0 Å². The predicted octanol–water partition coefficient (Wildman–Crippen LogP) is 3.86. The Bertz CT molecular complexity index is 169. The zero-order valence-electron chi connectivity index (χ0n) is 8.77. The van der Waals surface area contributed by atoms with Crippen LogP contribution in [0, 0.1) is 23.2 Å². The lowest BCUT2D eigenvalue weighted by atomic mass is 9.69. The fourth-order valence-electron chi connectivity index (χ4n) is 3.46. The van der Waals surface area contributed by atoms with Gasteiger partial charge in [0.2, 0.25) is 0 Å². The lowest BCUT2D eigenvalue weighted by Gasteiger charge is -2.36. The molecule has 3 unspecified atom stereocenters. The predicted molar refractivity (Wildman–Crippen MR) is 53.0 cm³/mol. The van der Waals surface area contributed by atoms with Gasteiger partial charge in [-0.15, -0.1) is 0 Å². The molecule has 0 spiro atoms. The summed E-state index contributed by atoms with van der Waals surface area (Å²) in [6.45, 7) is 7.29. The molecule has 0 heteroatoms. The molecule has 0 N–H and O–H groups in total. The van der Waals surface area contributed by atoms with Crippen molar-refractivity contribution in [3.05, 3.63) is 0 Å². The summed E-state index contributed by atoms with van der Waals surface area (Å²) < 4.78 is 0. The molecule has 2 aliphatic carbocycles. The van der Waals surface area contributed by atoms with E-state index >= 15 is 0 Å². The molecule has 0 radical (unpaired) electrons. The van der Waals surface area contributed by atoms with Crippen LogP contribution in [0.1, 0.15) is 52.9 Å². The smallest absolute Gasteiger partial charge is 0.0326 e. The Morgan fingerprint density at radius 3 is 2.33 bits per heavy atom. The third-order valence-corrected chi connectivity index (χ3v) is 4.65. The summed E-state index contributed by atoms with van der Waals surface area (Å²) >= 11 is 0. The number of fused-ring (bicyclic) bond motifs is 2. The normalized spacial score (nSPS) is 40.8. The topological polar surface area (TPSA) is 0 Å². The maximum atomic E-state index is 2.47. The molecule has 0 nitrogen and oxygen atoms in total. The second kappa shape index (κ2) is 2.75. The number of rotatable bonds is 2. The van der Waals surface area contributed by atoms with E-state index in [2.05, 4.69) is 20.8 Å². The Morgan fingerprint density at radius 1 is 1.17 bits per heavy atom. The highest BCUT2D eigenvalue weighted by molar-refractivity contribution is 4.95. The summed E-state index contributed by atoms with van der Waals surface area (Å²) in [5.74, 6) is 3.28. The Hall–Kier alpha value is 0. The molecule has 0 saturated heterocycles. The van der Waals surface area contributed by atoms with E-state index in [-0.39, 0.29) is 0 Å². The average molecular weight is 166 g/mol. The van der Waals surface area contributed by atoms with Gasteiger partial charge in [-0.25, -0.2) is 0 Å². The maximum Gasteiger partial charge on any atom is -0.0326 e. The van der Waals surface area contributed by atoms with Crippen LogP contribution >= 0.6 is 0 Å². The molecule has 0 aromatic rings. The van der Waals surface area contributed by atoms with Crippen LogP contribution in [0.2, 0.25) is 0 Å². The molecule has 2 rings (SSSR count). The van der Waals surface area contributed by atoms with E-state index in [1.54, 1.807) is 25.7 Å². The van der Waals surface area contributed by atoms with Gasteiger partial charge >= 0.3 is 0 Å². The molecule has 0 aromatic heterocycles. The van der Waals surface area contributed by atoms with E-state index in [0.717, 1.165) is 17.8 Å². The van der Waals surface area contributed by atoms with Crippen molar-refractivity contribution in [3.8, 4) is 0 Å². The molecular formula is C12H22. The van der Waals surface area contributed by atoms with Crippen molar-refractivity contribution < 1.29 is 0 Å². The third kappa shape index (κ3) is 1.20.